The SMILES string of the molecule is CCCCCCCCCCCCNc1c(Nc2cc(C(F)(F)F)cc(C(F)(F)F)c2)c(=O)c1=O. The lowest BCUT2D eigenvalue weighted by molar-refractivity contribution is -0.143. The maximum absolute atomic E-state index is 13.0. The second kappa shape index (κ2) is 12.3. The topological polar surface area (TPSA) is 58.2 Å². The van der Waals surface area contributed by atoms with E-state index >= 15 is 0 Å². The van der Waals surface area contributed by atoms with Gasteiger partial charge in [-0.2, -0.15) is 26.3 Å². The molecule has 34 heavy (non-hydrogen) atoms. The normalized spacial score (nSPS) is 12.3. The molecule has 0 bridgehead atoms. The molecular formula is C24H30F6N2O2. The van der Waals surface area contributed by atoms with Crippen LogP contribution >= 0.6 is 0 Å². The second-order valence-electron chi connectivity index (χ2n) is 8.44. The molecule has 0 aliphatic carbocycles. The average Bonchev–Trinajstić information content (AvgIpc) is 2.77. The number of hydrogen-bond acceptors (Lipinski definition) is 4. The predicted octanol–water partition coefficient (Wildman–Crippen LogP) is 7.40. The largest absolute Gasteiger partial charge is 0.416 e. The van der Waals surface area contributed by atoms with Crippen molar-refractivity contribution in [2.45, 2.75) is 83.5 Å². The summed E-state index contributed by atoms with van der Waals surface area (Å²) in [6.45, 7) is 2.54. The van der Waals surface area contributed by atoms with E-state index in [-0.39, 0.29) is 17.4 Å². The van der Waals surface area contributed by atoms with E-state index in [4.69, 9.17) is 0 Å². The van der Waals surface area contributed by atoms with Crippen LogP contribution in [0.15, 0.2) is 27.8 Å². The van der Waals surface area contributed by atoms with Crippen molar-refractivity contribution in [2.75, 3.05) is 17.2 Å². The molecule has 0 aromatic heterocycles. The first-order valence-corrected chi connectivity index (χ1v) is 11.6. The Morgan fingerprint density at radius 1 is 0.647 bits per heavy atom. The van der Waals surface area contributed by atoms with Gasteiger partial charge in [-0.05, 0) is 24.6 Å². The lowest BCUT2D eigenvalue weighted by atomic mass is 10.1. The average molecular weight is 493 g/mol. The molecule has 190 valence electrons. The number of halogens is 6. The molecular weight excluding hydrogens is 462 g/mol. The first-order valence-electron chi connectivity index (χ1n) is 11.6. The molecule has 0 saturated heterocycles. The van der Waals surface area contributed by atoms with Gasteiger partial charge in [0.2, 0.25) is 0 Å². The van der Waals surface area contributed by atoms with Gasteiger partial charge in [0, 0.05) is 12.2 Å². The van der Waals surface area contributed by atoms with Gasteiger partial charge in [-0.1, -0.05) is 64.7 Å². The van der Waals surface area contributed by atoms with E-state index in [0.717, 1.165) is 25.7 Å². The minimum Gasteiger partial charge on any atom is -0.380 e. The van der Waals surface area contributed by atoms with Crippen molar-refractivity contribution in [1.29, 1.82) is 0 Å². The minimum absolute atomic E-state index is 0.00231. The molecule has 0 radical (unpaired) electrons. The number of hydrogen-bond donors (Lipinski definition) is 2. The van der Waals surface area contributed by atoms with Crippen molar-refractivity contribution in [1.82, 2.24) is 0 Å². The summed E-state index contributed by atoms with van der Waals surface area (Å²) in [6.07, 6.45) is 1.08. The van der Waals surface area contributed by atoms with Crippen LogP contribution in [0, 0.1) is 0 Å². The third kappa shape index (κ3) is 8.06. The monoisotopic (exact) mass is 492 g/mol. The van der Waals surface area contributed by atoms with Crippen LogP contribution in [0.2, 0.25) is 0 Å². The van der Waals surface area contributed by atoms with Gasteiger partial charge < -0.3 is 10.6 Å². The van der Waals surface area contributed by atoms with Gasteiger partial charge >= 0.3 is 12.4 Å². The van der Waals surface area contributed by atoms with Crippen LogP contribution in [0.3, 0.4) is 0 Å². The first kappa shape index (κ1) is 27.7. The molecule has 0 fully saturated rings. The van der Waals surface area contributed by atoms with E-state index in [2.05, 4.69) is 17.6 Å². The molecule has 4 nitrogen and oxygen atoms in total. The Bertz CT molecular complexity index is 959. The molecule has 0 aliphatic heterocycles. The molecule has 0 unspecified atom stereocenters. The summed E-state index contributed by atoms with van der Waals surface area (Å²) in [7, 11) is 0. The van der Waals surface area contributed by atoms with Crippen molar-refractivity contribution in [3.63, 3.8) is 0 Å². The second-order valence-corrected chi connectivity index (χ2v) is 8.44. The van der Waals surface area contributed by atoms with Crippen molar-refractivity contribution in [2.24, 2.45) is 0 Å². The van der Waals surface area contributed by atoms with Gasteiger partial charge in [0.25, 0.3) is 10.9 Å². The Labute approximate surface area is 194 Å². The number of rotatable bonds is 14. The lowest BCUT2D eigenvalue weighted by Gasteiger charge is -2.18. The van der Waals surface area contributed by atoms with E-state index in [1.165, 1.54) is 38.5 Å². The lowest BCUT2D eigenvalue weighted by Crippen LogP contribution is -2.36. The molecule has 2 N–H and O–H groups in total. The summed E-state index contributed by atoms with van der Waals surface area (Å²) in [5.74, 6) is 0. The molecule has 0 saturated carbocycles. The molecule has 0 heterocycles. The Kier molecular flexibility index (Phi) is 10.00. The zero-order valence-corrected chi connectivity index (χ0v) is 19.1. The highest BCUT2D eigenvalue weighted by Crippen LogP contribution is 2.38. The van der Waals surface area contributed by atoms with Crippen LogP contribution in [-0.4, -0.2) is 6.54 Å². The van der Waals surface area contributed by atoms with Gasteiger partial charge in [-0.3, -0.25) is 9.59 Å². The van der Waals surface area contributed by atoms with Gasteiger partial charge in [0.1, 0.15) is 11.4 Å². The van der Waals surface area contributed by atoms with Gasteiger partial charge in [0.15, 0.2) is 0 Å². The zero-order valence-electron chi connectivity index (χ0n) is 19.1. The van der Waals surface area contributed by atoms with Crippen LogP contribution in [0.5, 0.6) is 0 Å². The summed E-state index contributed by atoms with van der Waals surface area (Å²) in [5, 5.41) is 5.06. The van der Waals surface area contributed by atoms with Crippen molar-refractivity contribution in [3.05, 3.63) is 49.8 Å². The third-order valence-corrected chi connectivity index (χ3v) is 5.60. The number of anilines is 3. The van der Waals surface area contributed by atoms with Gasteiger partial charge in [0.05, 0.1) is 11.1 Å². The van der Waals surface area contributed by atoms with Gasteiger partial charge in [-0.25, -0.2) is 0 Å². The van der Waals surface area contributed by atoms with Crippen molar-refractivity contribution in [3.8, 4) is 0 Å². The van der Waals surface area contributed by atoms with E-state index in [1.54, 1.807) is 0 Å². The number of benzene rings is 1. The van der Waals surface area contributed by atoms with Crippen molar-refractivity contribution >= 4 is 17.1 Å². The maximum atomic E-state index is 13.0. The summed E-state index contributed by atoms with van der Waals surface area (Å²) < 4.78 is 78.2. The smallest absolute Gasteiger partial charge is 0.380 e. The summed E-state index contributed by atoms with van der Waals surface area (Å²) in [5.41, 5.74) is -5.88. The van der Waals surface area contributed by atoms with Crippen LogP contribution in [0.4, 0.5) is 43.4 Å². The Balaban J connectivity index is 1.91. The predicted molar refractivity (Wildman–Crippen MR) is 121 cm³/mol. The minimum atomic E-state index is -5.01. The molecule has 0 aliphatic rings. The fourth-order valence-electron chi connectivity index (χ4n) is 3.68. The molecule has 2 rings (SSSR count). The molecule has 2 aromatic carbocycles. The maximum Gasteiger partial charge on any atom is 0.416 e. The van der Waals surface area contributed by atoms with Crippen LogP contribution < -0.4 is 21.5 Å². The number of unbranched alkanes of at least 4 members (excludes halogenated alkanes) is 9. The van der Waals surface area contributed by atoms with Crippen LogP contribution in [0.1, 0.15) is 82.3 Å². The molecule has 10 heteroatoms. The highest BCUT2D eigenvalue weighted by atomic mass is 19.4. The molecule has 0 amide bonds. The number of alkyl halides is 6. The van der Waals surface area contributed by atoms with E-state index < -0.39 is 40.0 Å². The Morgan fingerprint density at radius 3 is 1.56 bits per heavy atom. The molecule has 0 spiro atoms. The highest BCUT2D eigenvalue weighted by Gasteiger charge is 2.37. The van der Waals surface area contributed by atoms with Crippen LogP contribution in [0.25, 0.3) is 0 Å². The highest BCUT2D eigenvalue weighted by molar-refractivity contribution is 5.79. The van der Waals surface area contributed by atoms with E-state index in [9.17, 15) is 35.9 Å². The number of nitrogens with one attached hydrogen (secondary N) is 2. The molecule has 2 aromatic rings. The summed E-state index contributed by atoms with van der Waals surface area (Å²) in [4.78, 5) is 23.7. The van der Waals surface area contributed by atoms with E-state index in [1.807, 2.05) is 0 Å². The summed E-state index contributed by atoms with van der Waals surface area (Å²) in [6, 6.07) is 0.939. The fourth-order valence-corrected chi connectivity index (χ4v) is 3.68. The summed E-state index contributed by atoms with van der Waals surface area (Å²) >= 11 is 0. The Morgan fingerprint density at radius 2 is 1.09 bits per heavy atom. The zero-order chi connectivity index (χ0) is 25.4. The quantitative estimate of drug-likeness (QED) is 0.164. The Hall–Kier alpha value is -2.52. The third-order valence-electron chi connectivity index (χ3n) is 5.60. The standard InChI is InChI=1S/C24H30F6N2O2/c1-2-3-4-5-6-7-8-9-10-11-12-31-19-20(22(34)21(19)33)32-18-14-16(23(25,26)27)13-17(15-18)24(28,29)30/h13-15,31-32H,2-12H2,1H3. The van der Waals surface area contributed by atoms with Crippen LogP contribution in [-0.2, 0) is 12.4 Å². The van der Waals surface area contributed by atoms with E-state index in [0.29, 0.717) is 18.7 Å². The first-order chi connectivity index (χ1) is 15.9. The van der Waals surface area contributed by atoms with Crippen molar-refractivity contribution < 1.29 is 26.3 Å². The molecule has 0 atom stereocenters. The fraction of sp³-hybridized carbons (Fsp3) is 0.583. The van der Waals surface area contributed by atoms with Gasteiger partial charge in [-0.15, -0.1) is 0 Å².